The van der Waals surface area contributed by atoms with Crippen LogP contribution in [0.15, 0.2) is 0 Å². The number of hydrogen-bond donors (Lipinski definition) is 7. The van der Waals surface area contributed by atoms with Gasteiger partial charge in [-0.25, -0.2) is 4.39 Å². The van der Waals surface area contributed by atoms with Gasteiger partial charge in [0.25, 0.3) is 0 Å². The molecule has 7 N–H and O–H groups in total. The molecule has 0 aliphatic carbocycles. The highest BCUT2D eigenvalue weighted by Gasteiger charge is 2.50. The number of hydrogen-bond acceptors (Lipinski definition) is 10. The first-order valence-electron chi connectivity index (χ1n) is 7.04. The maximum atomic E-state index is 14.1. The Bertz CT molecular complexity index is 383. The van der Waals surface area contributed by atoms with Crippen LogP contribution in [0.2, 0.25) is 0 Å². The van der Waals surface area contributed by atoms with Crippen LogP contribution in [0, 0.1) is 0 Å². The molecule has 2 fully saturated rings. The average molecular weight is 344 g/mol. The minimum absolute atomic E-state index is 0.718. The lowest BCUT2D eigenvalue weighted by atomic mass is 9.97. The van der Waals surface area contributed by atoms with Crippen LogP contribution in [0.3, 0.4) is 0 Å². The van der Waals surface area contributed by atoms with E-state index in [9.17, 15) is 35.0 Å². The molecule has 2 aliphatic rings. The summed E-state index contributed by atoms with van der Waals surface area (Å²) in [6.07, 6.45) is -17.0. The van der Waals surface area contributed by atoms with Gasteiger partial charge < -0.3 is 50.0 Å². The topological polar surface area (TPSA) is 169 Å². The summed E-state index contributed by atoms with van der Waals surface area (Å²) in [6, 6.07) is 0. The molecule has 0 spiro atoms. The number of alkyl halides is 1. The first-order valence-corrected chi connectivity index (χ1v) is 7.04. The monoisotopic (exact) mass is 344 g/mol. The normalized spacial score (nSPS) is 51.7. The molecule has 0 amide bonds. The number of halogens is 1. The van der Waals surface area contributed by atoms with Gasteiger partial charge in [-0.15, -0.1) is 0 Å². The van der Waals surface area contributed by atoms with E-state index in [1.54, 1.807) is 0 Å². The largest absolute Gasteiger partial charge is 0.394 e. The zero-order valence-corrected chi connectivity index (χ0v) is 11.9. The quantitative estimate of drug-likeness (QED) is 0.264. The fourth-order valence-corrected chi connectivity index (χ4v) is 2.55. The first-order chi connectivity index (χ1) is 10.8. The van der Waals surface area contributed by atoms with E-state index in [-0.39, 0.29) is 0 Å². The SMILES string of the molecule is OCC1O[C@@H](O[C@@H]2C(CO)O[C@@H](O)[C@@H](O)C2O)[C@@H](F)C(O)[C@@H]1O. The molecule has 0 aromatic rings. The summed E-state index contributed by atoms with van der Waals surface area (Å²) < 4.78 is 29.0. The van der Waals surface area contributed by atoms with Crippen molar-refractivity contribution in [3.8, 4) is 0 Å². The minimum atomic E-state index is -2.22. The van der Waals surface area contributed by atoms with Crippen LogP contribution in [0.25, 0.3) is 0 Å². The molecule has 0 aromatic carbocycles. The van der Waals surface area contributed by atoms with Gasteiger partial charge in [-0.3, -0.25) is 0 Å². The van der Waals surface area contributed by atoms with Crippen LogP contribution in [-0.2, 0) is 14.2 Å². The van der Waals surface area contributed by atoms with Crippen LogP contribution in [0.5, 0.6) is 0 Å². The summed E-state index contributed by atoms with van der Waals surface area (Å²) >= 11 is 0. The summed E-state index contributed by atoms with van der Waals surface area (Å²) in [4.78, 5) is 0. The second-order valence-electron chi connectivity index (χ2n) is 5.48. The predicted molar refractivity (Wildman–Crippen MR) is 67.5 cm³/mol. The van der Waals surface area contributed by atoms with Crippen molar-refractivity contribution in [2.24, 2.45) is 0 Å². The van der Waals surface area contributed by atoms with Crippen LogP contribution in [0.1, 0.15) is 0 Å². The third-order valence-corrected chi connectivity index (χ3v) is 3.94. The van der Waals surface area contributed by atoms with Crippen molar-refractivity contribution in [1.29, 1.82) is 0 Å². The highest BCUT2D eigenvalue weighted by atomic mass is 19.1. The van der Waals surface area contributed by atoms with Crippen LogP contribution >= 0.6 is 0 Å². The minimum Gasteiger partial charge on any atom is -0.394 e. The Balaban J connectivity index is 2.11. The zero-order valence-electron chi connectivity index (χ0n) is 11.9. The van der Waals surface area contributed by atoms with Crippen molar-refractivity contribution >= 4 is 0 Å². The molecule has 2 rings (SSSR count). The van der Waals surface area contributed by atoms with E-state index in [1.807, 2.05) is 0 Å². The van der Waals surface area contributed by atoms with Gasteiger partial charge in [-0.05, 0) is 0 Å². The molecular weight excluding hydrogens is 323 g/mol. The van der Waals surface area contributed by atoms with E-state index >= 15 is 0 Å². The second kappa shape index (κ2) is 7.61. The molecule has 10 atom stereocenters. The Labute approximate surface area is 130 Å². The predicted octanol–water partition coefficient (Wildman–Crippen LogP) is -4.42. The molecular formula is C12H21FO10. The fraction of sp³-hybridized carbons (Fsp3) is 1.00. The van der Waals surface area contributed by atoms with Gasteiger partial charge in [0.1, 0.15) is 42.7 Å². The molecule has 23 heavy (non-hydrogen) atoms. The van der Waals surface area contributed by atoms with Crippen molar-refractivity contribution in [3.63, 3.8) is 0 Å². The fourth-order valence-electron chi connectivity index (χ4n) is 2.55. The maximum Gasteiger partial charge on any atom is 0.192 e. The van der Waals surface area contributed by atoms with Crippen molar-refractivity contribution < 1.29 is 54.3 Å². The van der Waals surface area contributed by atoms with E-state index in [0.29, 0.717) is 0 Å². The van der Waals surface area contributed by atoms with E-state index in [4.69, 9.17) is 19.3 Å². The molecule has 2 saturated heterocycles. The maximum absolute atomic E-state index is 14.1. The van der Waals surface area contributed by atoms with Crippen LogP contribution in [-0.4, -0.2) is 110 Å². The lowest BCUT2D eigenvalue weighted by molar-refractivity contribution is -0.348. The molecule has 2 aliphatic heterocycles. The highest BCUT2D eigenvalue weighted by Crippen LogP contribution is 2.29. The van der Waals surface area contributed by atoms with E-state index in [2.05, 4.69) is 0 Å². The Hall–Kier alpha value is -0.470. The summed E-state index contributed by atoms with van der Waals surface area (Å²) in [5.41, 5.74) is 0. The van der Waals surface area contributed by atoms with E-state index < -0.39 is 74.7 Å². The Morgan fingerprint density at radius 1 is 0.783 bits per heavy atom. The van der Waals surface area contributed by atoms with Gasteiger partial charge >= 0.3 is 0 Å². The highest BCUT2D eigenvalue weighted by molar-refractivity contribution is 4.93. The average Bonchev–Trinajstić information content (AvgIpc) is 2.55. The van der Waals surface area contributed by atoms with Gasteiger partial charge in [0.05, 0.1) is 13.2 Å². The third kappa shape index (κ3) is 3.64. The zero-order chi connectivity index (χ0) is 17.3. The first kappa shape index (κ1) is 18.9. The molecule has 2 heterocycles. The standard InChI is InChI=1S/C12H21FO10/c13-5-7(17)6(16)3(1-14)22-12(5)23-10-4(2-15)21-11(20)9(19)8(10)18/h3-12,14-20H,1-2H2/t3?,4?,5-,6+,7?,8?,9-,10+,11+,12-/m0/s1. The van der Waals surface area contributed by atoms with Gasteiger partial charge in [-0.2, -0.15) is 0 Å². The Morgan fingerprint density at radius 2 is 1.39 bits per heavy atom. The van der Waals surface area contributed by atoms with Gasteiger partial charge in [0.2, 0.25) is 0 Å². The van der Waals surface area contributed by atoms with E-state index in [1.165, 1.54) is 0 Å². The van der Waals surface area contributed by atoms with Crippen LogP contribution < -0.4 is 0 Å². The van der Waals surface area contributed by atoms with Gasteiger partial charge in [-0.1, -0.05) is 0 Å². The smallest absolute Gasteiger partial charge is 0.192 e. The van der Waals surface area contributed by atoms with Crippen molar-refractivity contribution in [2.75, 3.05) is 13.2 Å². The van der Waals surface area contributed by atoms with Gasteiger partial charge in [0, 0.05) is 0 Å². The molecule has 10 nitrogen and oxygen atoms in total. The number of rotatable bonds is 4. The third-order valence-electron chi connectivity index (χ3n) is 3.94. The molecule has 0 radical (unpaired) electrons. The summed E-state index contributed by atoms with van der Waals surface area (Å²) in [6.45, 7) is -1.44. The molecule has 0 saturated carbocycles. The summed E-state index contributed by atoms with van der Waals surface area (Å²) in [5.74, 6) is 0. The second-order valence-corrected chi connectivity index (χ2v) is 5.48. The summed E-state index contributed by atoms with van der Waals surface area (Å²) in [7, 11) is 0. The van der Waals surface area contributed by atoms with Crippen molar-refractivity contribution in [1.82, 2.24) is 0 Å². The van der Waals surface area contributed by atoms with Crippen LogP contribution in [0.4, 0.5) is 4.39 Å². The number of aliphatic hydroxyl groups excluding tert-OH is 7. The lowest BCUT2D eigenvalue weighted by Crippen LogP contribution is -2.63. The van der Waals surface area contributed by atoms with Crippen molar-refractivity contribution in [3.05, 3.63) is 0 Å². The van der Waals surface area contributed by atoms with E-state index in [0.717, 1.165) is 0 Å². The number of aliphatic hydroxyl groups is 7. The molecule has 4 unspecified atom stereocenters. The van der Waals surface area contributed by atoms with Gasteiger partial charge in [0.15, 0.2) is 18.8 Å². The Morgan fingerprint density at radius 3 is 1.96 bits per heavy atom. The lowest BCUT2D eigenvalue weighted by Gasteiger charge is -2.44. The molecule has 11 heteroatoms. The molecule has 136 valence electrons. The summed E-state index contributed by atoms with van der Waals surface area (Å²) in [5, 5.41) is 66.2. The molecule has 0 bridgehead atoms. The number of ether oxygens (including phenoxy) is 3. The Kier molecular flexibility index (Phi) is 6.24. The molecule has 0 aromatic heterocycles. The van der Waals surface area contributed by atoms with Crippen molar-refractivity contribution in [2.45, 2.75) is 61.5 Å².